The van der Waals surface area contributed by atoms with Crippen LogP contribution in [-0.4, -0.2) is 154 Å². The Kier molecular flexibility index (Phi) is 10.5. The lowest BCUT2D eigenvalue weighted by Crippen LogP contribution is -2.50. The molecule has 10 nitrogen and oxygen atoms in total. The first-order chi connectivity index (χ1) is 20.0. The first-order valence-corrected chi connectivity index (χ1v) is 16.8. The van der Waals surface area contributed by atoms with Crippen LogP contribution >= 0.6 is 23.5 Å². The van der Waals surface area contributed by atoms with E-state index in [9.17, 15) is 10.2 Å². The third-order valence-corrected chi connectivity index (χ3v) is 10.4. The van der Waals surface area contributed by atoms with Crippen molar-refractivity contribution in [2.24, 2.45) is 9.98 Å². The van der Waals surface area contributed by atoms with Crippen molar-refractivity contribution in [2.75, 3.05) is 91.8 Å². The number of β-amino-alcohol motifs (C(OH)–C–C–N with tert-alkyl or cyclic N) is 2. The molecule has 4 heterocycles. The van der Waals surface area contributed by atoms with Gasteiger partial charge in [0.25, 0.3) is 0 Å². The number of hydrogen-bond donors (Lipinski definition) is 2. The van der Waals surface area contributed by atoms with Gasteiger partial charge in [0, 0.05) is 74.9 Å². The molecule has 4 aliphatic heterocycles. The highest BCUT2D eigenvalue weighted by atomic mass is 32.2. The van der Waals surface area contributed by atoms with Crippen molar-refractivity contribution in [3.63, 3.8) is 0 Å². The molecule has 0 aliphatic carbocycles. The van der Waals surface area contributed by atoms with E-state index in [1.807, 2.05) is 47.8 Å². The van der Waals surface area contributed by atoms with Crippen molar-refractivity contribution >= 4 is 33.9 Å². The zero-order valence-electron chi connectivity index (χ0n) is 25.6. The van der Waals surface area contributed by atoms with Crippen LogP contribution in [0.5, 0.6) is 11.5 Å². The number of aliphatic hydroxyl groups is 2. The molecule has 0 aromatic heterocycles. The van der Waals surface area contributed by atoms with E-state index in [-0.39, 0.29) is 22.7 Å². The first kappa shape index (κ1) is 31.7. The molecule has 0 amide bonds. The maximum atomic E-state index is 10.6. The van der Waals surface area contributed by atoms with Crippen LogP contribution in [0.3, 0.4) is 0 Å². The fourth-order valence-corrected chi connectivity index (χ4v) is 7.56. The van der Waals surface area contributed by atoms with Crippen molar-refractivity contribution in [2.45, 2.75) is 49.4 Å². The van der Waals surface area contributed by atoms with Gasteiger partial charge in [-0.2, -0.15) is 0 Å². The number of aliphatic hydroxyl groups excluding tert-OH is 2. The third kappa shape index (κ3) is 9.15. The van der Waals surface area contributed by atoms with Gasteiger partial charge in [0.15, 0.2) is 10.3 Å². The molecule has 0 saturated carbocycles. The average Bonchev–Trinajstić information content (AvgIpc) is 3.52. The average molecular weight is 621 g/mol. The quantitative estimate of drug-likeness (QED) is 0.405. The Labute approximate surface area is 259 Å². The van der Waals surface area contributed by atoms with Crippen LogP contribution in [0.4, 0.5) is 0 Å². The summed E-state index contributed by atoms with van der Waals surface area (Å²) in [7, 11) is 0. The number of nitrogens with zero attached hydrogens (tertiary/aromatic N) is 6. The molecule has 4 aliphatic rings. The monoisotopic (exact) mass is 620 g/mol. The summed E-state index contributed by atoms with van der Waals surface area (Å²) in [6, 6.07) is 7.38. The van der Waals surface area contributed by atoms with E-state index < -0.39 is 12.2 Å². The van der Waals surface area contributed by atoms with Gasteiger partial charge in [-0.25, -0.2) is 0 Å². The standard InChI is InChI=1S/C30H48N6O4S2/c1-29(2)21-31-27(41-29)35-13-9-33(10-14-35)17-23(37)19-39-25-5-7-26(8-6-25)40-20-24(38)18-34-11-15-36(16-12-34)28-32-22-30(3,4)42-28/h5-8,23-24,37-38H,9-22H2,1-4H3/t23-,24-/m1/s1. The first-order valence-electron chi connectivity index (χ1n) is 15.2. The Morgan fingerprint density at radius 1 is 0.667 bits per heavy atom. The Morgan fingerprint density at radius 2 is 1.02 bits per heavy atom. The normalized spacial score (nSPS) is 24.3. The molecule has 2 atom stereocenters. The lowest BCUT2D eigenvalue weighted by atomic mass is 10.2. The number of hydrogen-bond acceptors (Lipinski definition) is 12. The largest absolute Gasteiger partial charge is 0.491 e. The fraction of sp³-hybridized carbons (Fsp3) is 0.733. The second-order valence-electron chi connectivity index (χ2n) is 12.9. The van der Waals surface area contributed by atoms with Crippen LogP contribution < -0.4 is 9.47 Å². The topological polar surface area (TPSA) is 96.6 Å². The highest BCUT2D eigenvalue weighted by Crippen LogP contribution is 2.34. The number of rotatable bonds is 10. The van der Waals surface area contributed by atoms with Crippen molar-refractivity contribution in [1.82, 2.24) is 19.6 Å². The Bertz CT molecular complexity index is 1000. The molecule has 2 N–H and O–H groups in total. The molecule has 2 saturated heterocycles. The van der Waals surface area contributed by atoms with E-state index in [0.717, 1.165) is 75.8 Å². The summed E-state index contributed by atoms with van der Waals surface area (Å²) >= 11 is 3.74. The van der Waals surface area contributed by atoms with E-state index in [2.05, 4.69) is 47.3 Å². The number of benzene rings is 1. The lowest BCUT2D eigenvalue weighted by molar-refractivity contribution is 0.0548. The zero-order chi connectivity index (χ0) is 29.7. The van der Waals surface area contributed by atoms with Crippen LogP contribution in [0.25, 0.3) is 0 Å². The van der Waals surface area contributed by atoms with Gasteiger partial charge in [0.05, 0.1) is 13.1 Å². The van der Waals surface area contributed by atoms with Crippen molar-refractivity contribution in [3.05, 3.63) is 24.3 Å². The van der Waals surface area contributed by atoms with E-state index in [1.54, 1.807) is 0 Å². The molecule has 234 valence electrons. The van der Waals surface area contributed by atoms with Crippen LogP contribution in [0.15, 0.2) is 34.3 Å². The minimum Gasteiger partial charge on any atom is -0.491 e. The van der Waals surface area contributed by atoms with Gasteiger partial charge in [-0.3, -0.25) is 19.8 Å². The summed E-state index contributed by atoms with van der Waals surface area (Å²) in [5.41, 5.74) is 0. The van der Waals surface area contributed by atoms with E-state index >= 15 is 0 Å². The maximum absolute atomic E-state index is 10.6. The minimum atomic E-state index is -0.557. The summed E-state index contributed by atoms with van der Waals surface area (Å²) in [6.07, 6.45) is -1.11. The number of ether oxygens (including phenoxy) is 2. The van der Waals surface area contributed by atoms with Gasteiger partial charge < -0.3 is 29.5 Å². The second-order valence-corrected chi connectivity index (χ2v) is 16.2. The molecule has 0 bridgehead atoms. The smallest absolute Gasteiger partial charge is 0.159 e. The Morgan fingerprint density at radius 3 is 1.33 bits per heavy atom. The summed E-state index contributed by atoms with van der Waals surface area (Å²) in [4.78, 5) is 18.8. The summed E-state index contributed by atoms with van der Waals surface area (Å²) in [6.45, 7) is 19.8. The van der Waals surface area contributed by atoms with Gasteiger partial charge in [0.1, 0.15) is 36.9 Å². The molecule has 0 radical (unpaired) electrons. The lowest BCUT2D eigenvalue weighted by Gasteiger charge is -2.36. The molecule has 2 fully saturated rings. The fourth-order valence-electron chi connectivity index (χ4n) is 5.43. The summed E-state index contributed by atoms with van der Waals surface area (Å²) < 4.78 is 12.1. The molecule has 0 spiro atoms. The minimum absolute atomic E-state index is 0.199. The van der Waals surface area contributed by atoms with Crippen LogP contribution in [0.2, 0.25) is 0 Å². The molecular weight excluding hydrogens is 573 g/mol. The van der Waals surface area contributed by atoms with E-state index in [1.165, 1.54) is 0 Å². The number of amidine groups is 2. The molecule has 1 aromatic carbocycles. The van der Waals surface area contributed by atoms with Crippen molar-refractivity contribution < 1.29 is 19.7 Å². The molecule has 5 rings (SSSR count). The number of piperazine rings is 2. The van der Waals surface area contributed by atoms with Gasteiger partial charge in [-0.1, -0.05) is 23.5 Å². The molecule has 1 aromatic rings. The van der Waals surface area contributed by atoms with Crippen molar-refractivity contribution in [1.29, 1.82) is 0 Å². The van der Waals surface area contributed by atoms with Gasteiger partial charge in [0.2, 0.25) is 0 Å². The predicted octanol–water partition coefficient (Wildman–Crippen LogP) is 2.16. The molecule has 42 heavy (non-hydrogen) atoms. The highest BCUT2D eigenvalue weighted by Gasteiger charge is 2.33. The van der Waals surface area contributed by atoms with Crippen LogP contribution in [0, 0.1) is 0 Å². The van der Waals surface area contributed by atoms with Crippen LogP contribution in [0.1, 0.15) is 27.7 Å². The van der Waals surface area contributed by atoms with Gasteiger partial charge in [-0.05, 0) is 52.0 Å². The predicted molar refractivity (Wildman–Crippen MR) is 173 cm³/mol. The van der Waals surface area contributed by atoms with Gasteiger partial charge in [-0.15, -0.1) is 0 Å². The molecule has 0 unspecified atom stereocenters. The molecule has 12 heteroatoms. The van der Waals surface area contributed by atoms with Crippen molar-refractivity contribution in [3.8, 4) is 11.5 Å². The van der Waals surface area contributed by atoms with Crippen LogP contribution in [-0.2, 0) is 0 Å². The molecular formula is C30H48N6O4S2. The maximum Gasteiger partial charge on any atom is 0.159 e. The third-order valence-electron chi connectivity index (χ3n) is 7.86. The summed E-state index contributed by atoms with van der Waals surface area (Å²) in [5, 5.41) is 23.4. The number of thioether (sulfide) groups is 2. The SMILES string of the molecule is CC1(C)CN=C(N2CCN(C[C@@H](O)COc3ccc(OC[C@H](O)CN4CCN(C5=NCC(C)(C)S5)CC4)cc3)CC2)S1. The van der Waals surface area contributed by atoms with Gasteiger partial charge >= 0.3 is 0 Å². The number of aliphatic imine (C=N–C) groups is 2. The highest BCUT2D eigenvalue weighted by molar-refractivity contribution is 8.15. The van der Waals surface area contributed by atoms with E-state index in [0.29, 0.717) is 24.6 Å². The second kappa shape index (κ2) is 13.9. The van der Waals surface area contributed by atoms with E-state index in [4.69, 9.17) is 19.5 Å². The summed E-state index contributed by atoms with van der Waals surface area (Å²) in [5.74, 6) is 1.38. The Balaban J connectivity index is 0.938. The zero-order valence-corrected chi connectivity index (χ0v) is 27.2. The Hall–Kier alpha value is -1.70.